The van der Waals surface area contributed by atoms with Gasteiger partial charge in [-0.2, -0.15) is 0 Å². The second-order valence-electron chi connectivity index (χ2n) is 8.03. The van der Waals surface area contributed by atoms with Crippen LogP contribution in [0.5, 0.6) is 0 Å². The number of aliphatic hydroxyl groups is 2. The number of hydrogen-bond donors (Lipinski definition) is 8. The molecule has 0 radical (unpaired) electrons. The summed E-state index contributed by atoms with van der Waals surface area (Å²) in [5.74, 6) is -3.63. The van der Waals surface area contributed by atoms with E-state index in [1.54, 1.807) is 0 Å². The van der Waals surface area contributed by atoms with Crippen LogP contribution in [-0.2, 0) is 19.2 Å². The Morgan fingerprint density at radius 3 is 2.24 bits per heavy atom. The number of amides is 3. The van der Waals surface area contributed by atoms with Crippen molar-refractivity contribution in [2.75, 3.05) is 13.1 Å². The zero-order valence-electron chi connectivity index (χ0n) is 18.8. The first kappa shape index (κ1) is 28.1. The number of nitrogens with zero attached hydrogens (tertiary/aromatic N) is 2. The first-order chi connectivity index (χ1) is 15.4. The van der Waals surface area contributed by atoms with Crippen LogP contribution in [0.2, 0.25) is 0 Å². The fourth-order valence-corrected chi connectivity index (χ4v) is 3.38. The molecule has 14 nitrogen and oxygen atoms in total. The van der Waals surface area contributed by atoms with E-state index < -0.39 is 60.1 Å². The van der Waals surface area contributed by atoms with Crippen molar-refractivity contribution < 1.29 is 34.5 Å². The van der Waals surface area contributed by atoms with Gasteiger partial charge in [-0.05, 0) is 39.5 Å². The summed E-state index contributed by atoms with van der Waals surface area (Å²) in [6.07, 6.45) is -1.39. The number of carbonyl (C=O) groups is 4. The molecule has 0 aliphatic carbocycles. The highest BCUT2D eigenvalue weighted by atomic mass is 16.4. The molecule has 1 fully saturated rings. The quantitative estimate of drug-likeness (QED) is 0.0779. The zero-order chi connectivity index (χ0) is 25.3. The Kier molecular flexibility index (Phi) is 11.0. The second-order valence-corrected chi connectivity index (χ2v) is 8.03. The Morgan fingerprint density at radius 1 is 1.09 bits per heavy atom. The van der Waals surface area contributed by atoms with Gasteiger partial charge in [-0.3, -0.25) is 19.4 Å². The van der Waals surface area contributed by atoms with E-state index in [1.165, 1.54) is 18.7 Å². The Bertz CT molecular complexity index is 740. The molecule has 1 heterocycles. The van der Waals surface area contributed by atoms with E-state index in [2.05, 4.69) is 15.6 Å². The van der Waals surface area contributed by atoms with Crippen LogP contribution in [0.25, 0.3) is 0 Å². The molecule has 0 aromatic carbocycles. The smallest absolute Gasteiger partial charge is 0.326 e. The molecule has 188 valence electrons. The number of aliphatic imine (C=N–C) groups is 1. The van der Waals surface area contributed by atoms with Crippen LogP contribution in [0.15, 0.2) is 4.99 Å². The Labute approximate surface area is 191 Å². The van der Waals surface area contributed by atoms with Crippen LogP contribution in [-0.4, -0.2) is 99.3 Å². The van der Waals surface area contributed by atoms with Crippen molar-refractivity contribution in [1.82, 2.24) is 15.5 Å². The van der Waals surface area contributed by atoms with Crippen molar-refractivity contribution in [3.05, 3.63) is 0 Å². The lowest BCUT2D eigenvalue weighted by Gasteiger charge is -2.29. The maximum Gasteiger partial charge on any atom is 0.326 e. The summed E-state index contributed by atoms with van der Waals surface area (Å²) in [6, 6.07) is -4.96. The average Bonchev–Trinajstić information content (AvgIpc) is 3.22. The van der Waals surface area contributed by atoms with Crippen molar-refractivity contribution in [1.29, 1.82) is 0 Å². The lowest BCUT2D eigenvalue weighted by Crippen LogP contribution is -2.60. The Balaban J connectivity index is 3.01. The first-order valence-electron chi connectivity index (χ1n) is 10.7. The van der Waals surface area contributed by atoms with E-state index in [4.69, 9.17) is 17.2 Å². The molecule has 33 heavy (non-hydrogen) atoms. The fourth-order valence-electron chi connectivity index (χ4n) is 3.38. The maximum atomic E-state index is 13.1. The van der Waals surface area contributed by atoms with Crippen LogP contribution >= 0.6 is 0 Å². The van der Waals surface area contributed by atoms with Gasteiger partial charge in [0.25, 0.3) is 0 Å². The van der Waals surface area contributed by atoms with Gasteiger partial charge >= 0.3 is 5.97 Å². The number of carboxylic acid groups (broad SMARTS) is 1. The highest BCUT2D eigenvalue weighted by molar-refractivity contribution is 5.94. The highest BCUT2D eigenvalue weighted by Crippen LogP contribution is 2.19. The van der Waals surface area contributed by atoms with Crippen molar-refractivity contribution in [3.8, 4) is 0 Å². The van der Waals surface area contributed by atoms with Crippen LogP contribution < -0.4 is 27.8 Å². The number of guanidine groups is 1. The van der Waals surface area contributed by atoms with E-state index in [1.807, 2.05) is 0 Å². The lowest BCUT2D eigenvalue weighted by atomic mass is 10.1. The minimum absolute atomic E-state index is 0.0812. The van der Waals surface area contributed by atoms with Gasteiger partial charge < -0.3 is 48.1 Å². The topological polar surface area (TPSA) is 247 Å². The summed E-state index contributed by atoms with van der Waals surface area (Å²) in [6.45, 7) is 2.94. The largest absolute Gasteiger partial charge is 0.480 e. The van der Waals surface area contributed by atoms with Crippen molar-refractivity contribution >= 4 is 29.7 Å². The van der Waals surface area contributed by atoms with Gasteiger partial charge in [0.1, 0.15) is 24.2 Å². The predicted octanol–water partition coefficient (Wildman–Crippen LogP) is -3.83. The molecule has 11 N–H and O–H groups in total. The van der Waals surface area contributed by atoms with Crippen LogP contribution in [0, 0.1) is 0 Å². The third kappa shape index (κ3) is 8.47. The summed E-state index contributed by atoms with van der Waals surface area (Å²) in [4.78, 5) is 54.6. The highest BCUT2D eigenvalue weighted by Gasteiger charge is 2.38. The number of aliphatic carboxylic acids is 1. The zero-order valence-corrected chi connectivity index (χ0v) is 18.8. The number of rotatable bonds is 12. The molecule has 0 aromatic rings. The number of aliphatic hydroxyl groups excluding tert-OH is 2. The van der Waals surface area contributed by atoms with E-state index in [0.29, 0.717) is 19.3 Å². The van der Waals surface area contributed by atoms with Crippen LogP contribution in [0.4, 0.5) is 0 Å². The van der Waals surface area contributed by atoms with E-state index >= 15 is 0 Å². The Morgan fingerprint density at radius 2 is 1.73 bits per heavy atom. The third-order valence-corrected chi connectivity index (χ3v) is 5.27. The van der Waals surface area contributed by atoms with Gasteiger partial charge in [-0.1, -0.05) is 0 Å². The number of nitrogens with two attached hydrogens (primary N) is 3. The standard InChI is InChI=1S/C19H35N7O7/c1-9(27)13(20)15(29)25-14(10(2)28)16(30)24-11(5-3-7-23-19(21)22)17(31)26-8-4-6-12(26)18(32)33/h9-14,27-28H,3-8,20H2,1-2H3,(H,24,30)(H,25,29)(H,32,33)(H4,21,22,23). The molecule has 1 saturated heterocycles. The minimum Gasteiger partial charge on any atom is -0.480 e. The lowest BCUT2D eigenvalue weighted by molar-refractivity contribution is -0.149. The summed E-state index contributed by atoms with van der Waals surface area (Å²) < 4.78 is 0. The van der Waals surface area contributed by atoms with Crippen LogP contribution in [0.3, 0.4) is 0 Å². The molecular weight excluding hydrogens is 438 g/mol. The fraction of sp³-hybridized carbons (Fsp3) is 0.737. The van der Waals surface area contributed by atoms with Gasteiger partial charge in [-0.15, -0.1) is 0 Å². The summed E-state index contributed by atoms with van der Waals surface area (Å²) in [5, 5.41) is 33.6. The molecule has 0 spiro atoms. The van der Waals surface area contributed by atoms with E-state index in [-0.39, 0.29) is 25.5 Å². The van der Waals surface area contributed by atoms with Gasteiger partial charge in [0, 0.05) is 13.1 Å². The number of carbonyl (C=O) groups excluding carboxylic acids is 3. The van der Waals surface area contributed by atoms with Crippen LogP contribution in [0.1, 0.15) is 39.5 Å². The molecule has 0 aromatic heterocycles. The van der Waals surface area contributed by atoms with Crippen molar-refractivity contribution in [2.45, 2.75) is 75.9 Å². The van der Waals surface area contributed by atoms with Gasteiger partial charge in [0.2, 0.25) is 17.7 Å². The molecule has 0 bridgehead atoms. The molecule has 14 heteroatoms. The van der Waals surface area contributed by atoms with Gasteiger partial charge in [0.15, 0.2) is 5.96 Å². The summed E-state index contributed by atoms with van der Waals surface area (Å²) in [7, 11) is 0. The monoisotopic (exact) mass is 473 g/mol. The van der Waals surface area contributed by atoms with Gasteiger partial charge in [0.05, 0.1) is 12.2 Å². The number of carboxylic acids is 1. The molecule has 3 amide bonds. The van der Waals surface area contributed by atoms with Gasteiger partial charge in [-0.25, -0.2) is 4.79 Å². The van der Waals surface area contributed by atoms with E-state index in [9.17, 15) is 34.5 Å². The second kappa shape index (κ2) is 12.9. The minimum atomic E-state index is -1.47. The Hall–Kier alpha value is -2.97. The molecule has 6 atom stereocenters. The summed E-state index contributed by atoms with van der Waals surface area (Å²) >= 11 is 0. The number of nitrogens with one attached hydrogen (secondary N) is 2. The molecule has 0 saturated carbocycles. The molecular formula is C19H35N7O7. The summed E-state index contributed by atoms with van der Waals surface area (Å²) in [5.41, 5.74) is 16.1. The maximum absolute atomic E-state index is 13.1. The number of likely N-dealkylation sites (tertiary alicyclic amines) is 1. The normalized spacial score (nSPS) is 20.2. The average molecular weight is 474 g/mol. The molecule has 1 aliphatic rings. The van der Waals surface area contributed by atoms with E-state index in [0.717, 1.165) is 0 Å². The third-order valence-electron chi connectivity index (χ3n) is 5.27. The molecule has 1 aliphatic heterocycles. The van der Waals surface area contributed by atoms with Crippen molar-refractivity contribution in [3.63, 3.8) is 0 Å². The van der Waals surface area contributed by atoms with Crippen molar-refractivity contribution in [2.24, 2.45) is 22.2 Å². The SMILES string of the molecule is CC(O)C(N)C(=O)NC(C(=O)NC(CCCN=C(N)N)C(=O)N1CCCC1C(=O)O)C(C)O. The predicted molar refractivity (Wildman–Crippen MR) is 117 cm³/mol. The number of hydrogen-bond acceptors (Lipinski definition) is 8. The molecule has 6 unspecified atom stereocenters. The first-order valence-corrected chi connectivity index (χ1v) is 10.7. The molecule has 1 rings (SSSR count).